The van der Waals surface area contributed by atoms with E-state index in [1.165, 1.54) is 11.1 Å². The second-order valence-electron chi connectivity index (χ2n) is 22.5. The van der Waals surface area contributed by atoms with Gasteiger partial charge in [-0.3, -0.25) is 4.90 Å². The average Bonchev–Trinajstić information content (AvgIpc) is 1.47. The van der Waals surface area contributed by atoms with E-state index in [4.69, 9.17) is 47.6 Å². The zero-order chi connectivity index (χ0) is 59.3. The molecule has 0 radical (unpaired) electrons. The number of anilines is 6. The van der Waals surface area contributed by atoms with Gasteiger partial charge in [-0.25, -0.2) is 19.9 Å². The maximum atomic E-state index is 6.03. The molecule has 0 N–H and O–H groups in total. The highest BCUT2D eigenvalue weighted by Gasteiger charge is 2.56. The summed E-state index contributed by atoms with van der Waals surface area (Å²) in [5.41, 5.74) is 17.6. The van der Waals surface area contributed by atoms with E-state index in [0.29, 0.717) is 35.1 Å². The molecule has 424 valence electrons. The van der Waals surface area contributed by atoms with E-state index in [9.17, 15) is 0 Å². The van der Waals surface area contributed by atoms with Crippen molar-refractivity contribution in [2.75, 3.05) is 9.80 Å². The van der Waals surface area contributed by atoms with E-state index in [1.807, 2.05) is 121 Å². The quantitative estimate of drug-likeness (QED) is 0.150. The predicted octanol–water partition coefficient (Wildman–Crippen LogP) is 18.7. The Balaban J connectivity index is 0.000000135. The molecule has 12 nitrogen and oxygen atoms in total. The minimum atomic E-state index is -0.605. The monoisotopic (exact) mass is 1160 g/mol. The fourth-order valence-corrected chi connectivity index (χ4v) is 14.2. The van der Waals surface area contributed by atoms with Crippen molar-refractivity contribution in [1.82, 2.24) is 29.9 Å². The van der Waals surface area contributed by atoms with E-state index >= 15 is 0 Å². The van der Waals surface area contributed by atoms with Crippen molar-refractivity contribution in [1.29, 1.82) is 0 Å². The second kappa shape index (κ2) is 20.2. The molecule has 0 saturated carbocycles. The largest absolute Gasteiger partial charge is 0.461 e. The van der Waals surface area contributed by atoms with Crippen LogP contribution in [0, 0.1) is 0 Å². The molecule has 0 bridgehead atoms. The molecule has 15 aromatic rings. The van der Waals surface area contributed by atoms with Gasteiger partial charge in [0.15, 0.2) is 52.2 Å². The standard InChI is InChI=1S/C42H26N4O2.C36H22N4O2/c1-3-11-27(12-4-1)39-43-40(28-13-5-2-6-14-28)45-41(44-39)29-19-21-30(22-20-29)46-35-17-9-7-15-31(35)42(32-16-8-10-18-36(32)46)33-23-25-47-37(33)38-34(42)24-26-48-38;1-3-11-23(12-4-1)33-37-34(24-13-5-2-6-14-24)39-35(38-33)40-29-17-9-7-15-25(29)36(26-16-8-10-18-30(26)40)27-19-21-41-31(27)32-28(36)20-22-42-32/h1-26H;1-22H. The first-order chi connectivity index (χ1) is 44.6. The van der Waals surface area contributed by atoms with Crippen molar-refractivity contribution in [3.05, 3.63) is 336 Å². The summed E-state index contributed by atoms with van der Waals surface area (Å²) in [6.07, 6.45) is 7.03. The van der Waals surface area contributed by atoms with Crippen molar-refractivity contribution in [3.8, 4) is 80.0 Å². The molecular weight excluding hydrogens is 1110 g/mol. The van der Waals surface area contributed by atoms with Crippen molar-refractivity contribution in [3.63, 3.8) is 0 Å². The van der Waals surface area contributed by atoms with Crippen molar-refractivity contribution >= 4 is 34.4 Å². The summed E-state index contributed by atoms with van der Waals surface area (Å²) >= 11 is 0. The van der Waals surface area contributed by atoms with Gasteiger partial charge < -0.3 is 22.6 Å². The lowest BCUT2D eigenvalue weighted by molar-refractivity contribution is 0.525. The Morgan fingerprint density at radius 3 is 0.789 bits per heavy atom. The zero-order valence-electron chi connectivity index (χ0n) is 47.9. The van der Waals surface area contributed by atoms with Crippen LogP contribution in [-0.4, -0.2) is 29.9 Å². The van der Waals surface area contributed by atoms with Crippen LogP contribution in [0.2, 0.25) is 0 Å². The smallest absolute Gasteiger partial charge is 0.238 e. The normalized spacial score (nSPS) is 13.7. The number of rotatable bonds is 7. The van der Waals surface area contributed by atoms with Gasteiger partial charge in [-0.05, 0) is 95.1 Å². The highest BCUT2D eigenvalue weighted by atomic mass is 16.4. The summed E-state index contributed by atoms with van der Waals surface area (Å²) in [7, 11) is 0. The molecule has 0 unspecified atom stereocenters. The van der Waals surface area contributed by atoms with E-state index < -0.39 is 10.8 Å². The molecular formula is C78H48N8O4. The molecule has 2 spiro atoms. The molecule has 0 atom stereocenters. The van der Waals surface area contributed by atoms with Crippen LogP contribution in [0.25, 0.3) is 80.0 Å². The van der Waals surface area contributed by atoms with Gasteiger partial charge in [0.05, 0.1) is 58.6 Å². The minimum Gasteiger partial charge on any atom is -0.461 e. The molecule has 0 amide bonds. The molecule has 12 heteroatoms. The number of hydrogen-bond acceptors (Lipinski definition) is 12. The van der Waals surface area contributed by atoms with Gasteiger partial charge in [0.1, 0.15) is 0 Å². The summed E-state index contributed by atoms with van der Waals surface area (Å²) in [6.45, 7) is 0. The molecule has 4 aliphatic rings. The first kappa shape index (κ1) is 51.0. The van der Waals surface area contributed by atoms with Crippen LogP contribution in [0.3, 0.4) is 0 Å². The lowest BCUT2D eigenvalue weighted by Gasteiger charge is -2.44. The number of aromatic nitrogens is 6. The Morgan fingerprint density at radius 2 is 0.478 bits per heavy atom. The van der Waals surface area contributed by atoms with E-state index in [0.717, 1.165) is 113 Å². The average molecular weight is 1160 g/mol. The lowest BCUT2D eigenvalue weighted by atomic mass is 9.65. The third-order valence-corrected chi connectivity index (χ3v) is 17.9. The second-order valence-corrected chi connectivity index (χ2v) is 22.5. The van der Waals surface area contributed by atoms with Gasteiger partial charge in [0.25, 0.3) is 0 Å². The molecule has 8 heterocycles. The maximum Gasteiger partial charge on any atom is 0.238 e. The number of fused-ring (bicyclic) bond motifs is 18. The SMILES string of the molecule is c1ccc(-c2nc(-c3ccccc3)nc(-c3ccc(N4c5ccccc5C5(c6ccccc64)c4ccoc4-c4occc45)cc3)n2)cc1.c1ccc(-c2nc(-c3ccccc3)nc(N3c4ccccc4C4(c5ccccc53)c3ccoc3-c3occc34)n2)cc1. The fraction of sp³-hybridized carbons (Fsp3) is 0.0256. The van der Waals surface area contributed by atoms with Crippen LogP contribution < -0.4 is 9.80 Å². The van der Waals surface area contributed by atoms with E-state index in [-0.39, 0.29) is 0 Å². The topological polar surface area (TPSA) is 136 Å². The Kier molecular flexibility index (Phi) is 11.4. The van der Waals surface area contributed by atoms with Gasteiger partial charge in [-0.2, -0.15) is 9.97 Å². The van der Waals surface area contributed by atoms with E-state index in [2.05, 4.69) is 155 Å². The summed E-state index contributed by atoms with van der Waals surface area (Å²) in [5, 5.41) is 0. The Morgan fingerprint density at radius 1 is 0.222 bits per heavy atom. The first-order valence-corrected chi connectivity index (χ1v) is 29.8. The van der Waals surface area contributed by atoms with Gasteiger partial charge in [0.2, 0.25) is 5.95 Å². The molecule has 19 rings (SSSR count). The number of furan rings is 4. The van der Waals surface area contributed by atoms with Crippen LogP contribution in [-0.2, 0) is 10.8 Å². The summed E-state index contributed by atoms with van der Waals surface area (Å²) < 4.78 is 24.1. The zero-order valence-corrected chi connectivity index (χ0v) is 47.9. The Bertz CT molecular complexity index is 4940. The maximum absolute atomic E-state index is 6.03. The molecule has 0 saturated heterocycles. The van der Waals surface area contributed by atoms with Crippen molar-refractivity contribution in [2.24, 2.45) is 0 Å². The summed E-state index contributed by atoms with van der Waals surface area (Å²) in [4.78, 5) is 34.4. The van der Waals surface area contributed by atoms with Crippen LogP contribution in [0.4, 0.5) is 34.4 Å². The van der Waals surface area contributed by atoms with Crippen molar-refractivity contribution in [2.45, 2.75) is 10.8 Å². The third kappa shape index (κ3) is 7.48. The number of benzene rings is 9. The van der Waals surface area contributed by atoms with Gasteiger partial charge in [-0.1, -0.05) is 194 Å². The van der Waals surface area contributed by atoms with Gasteiger partial charge in [0, 0.05) is 55.8 Å². The van der Waals surface area contributed by atoms with Crippen LogP contribution in [0.15, 0.2) is 310 Å². The van der Waals surface area contributed by atoms with E-state index in [1.54, 1.807) is 25.1 Å². The highest BCUT2D eigenvalue weighted by molar-refractivity contribution is 5.95. The molecule has 90 heavy (non-hydrogen) atoms. The molecule has 0 fully saturated rings. The highest BCUT2D eigenvalue weighted by Crippen LogP contribution is 2.65. The number of nitrogens with zero attached hydrogens (tertiary/aromatic N) is 8. The fourth-order valence-electron chi connectivity index (χ4n) is 14.2. The molecule has 9 aromatic carbocycles. The van der Waals surface area contributed by atoms with Crippen LogP contribution >= 0.6 is 0 Å². The van der Waals surface area contributed by atoms with Gasteiger partial charge in [-0.15, -0.1) is 0 Å². The Labute approximate surface area is 516 Å². The predicted molar refractivity (Wildman–Crippen MR) is 347 cm³/mol. The molecule has 6 aromatic heterocycles. The van der Waals surface area contributed by atoms with Crippen LogP contribution in [0.5, 0.6) is 0 Å². The first-order valence-electron chi connectivity index (χ1n) is 29.8. The Hall–Kier alpha value is -12.3. The number of para-hydroxylation sites is 4. The summed E-state index contributed by atoms with van der Waals surface area (Å²) in [5.74, 6) is 6.81. The molecule has 2 aliphatic heterocycles. The minimum absolute atomic E-state index is 0.551. The number of hydrogen-bond donors (Lipinski definition) is 0. The lowest BCUT2D eigenvalue weighted by Crippen LogP contribution is -2.36. The molecule has 2 aliphatic carbocycles. The third-order valence-electron chi connectivity index (χ3n) is 17.9. The van der Waals surface area contributed by atoms with Crippen LogP contribution in [0.1, 0.15) is 44.5 Å². The van der Waals surface area contributed by atoms with Gasteiger partial charge >= 0.3 is 0 Å². The van der Waals surface area contributed by atoms with Crippen molar-refractivity contribution < 1.29 is 17.7 Å². The summed E-state index contributed by atoms with van der Waals surface area (Å²) in [6, 6.07) is 91.2.